The predicted octanol–water partition coefficient (Wildman–Crippen LogP) is 3.20. The zero-order chi connectivity index (χ0) is 16.2. The summed E-state index contributed by atoms with van der Waals surface area (Å²) in [5.74, 6) is 0.639. The van der Waals surface area contributed by atoms with Crippen LogP contribution >= 0.6 is 11.6 Å². The van der Waals surface area contributed by atoms with Gasteiger partial charge < -0.3 is 14.5 Å². The van der Waals surface area contributed by atoms with E-state index in [0.29, 0.717) is 23.9 Å². The van der Waals surface area contributed by atoms with Crippen molar-refractivity contribution in [3.8, 4) is 5.75 Å². The highest BCUT2D eigenvalue weighted by molar-refractivity contribution is 6.30. The molecule has 3 rings (SSSR count). The number of para-hydroxylation sites is 1. The average molecular weight is 331 g/mol. The molecule has 0 atom stereocenters. The first-order valence-corrected chi connectivity index (χ1v) is 7.96. The molecule has 0 radical (unpaired) electrons. The molecule has 5 heteroatoms. The van der Waals surface area contributed by atoms with Gasteiger partial charge in [-0.3, -0.25) is 4.79 Å². The molecule has 0 bridgehead atoms. The normalized spacial score (nSPS) is 14.2. The van der Waals surface area contributed by atoms with Gasteiger partial charge in [0.25, 0.3) is 5.91 Å². The maximum absolute atomic E-state index is 12.5. The number of carbonyl (C=O) groups is 1. The van der Waals surface area contributed by atoms with Crippen molar-refractivity contribution in [2.24, 2.45) is 0 Å². The smallest absolute Gasteiger partial charge is 0.260 e. The lowest BCUT2D eigenvalue weighted by Crippen LogP contribution is -2.37. The number of halogens is 1. The first-order valence-electron chi connectivity index (χ1n) is 7.58. The molecule has 23 heavy (non-hydrogen) atoms. The Hall–Kier alpha value is -2.20. The minimum atomic E-state index is -0.00921. The zero-order valence-corrected chi connectivity index (χ0v) is 13.8. The van der Waals surface area contributed by atoms with Gasteiger partial charge in [0, 0.05) is 37.4 Å². The van der Waals surface area contributed by atoms with E-state index in [9.17, 15) is 4.79 Å². The van der Waals surface area contributed by atoms with Crippen molar-refractivity contribution in [3.05, 3.63) is 59.1 Å². The molecule has 0 spiro atoms. The highest BCUT2D eigenvalue weighted by atomic mass is 35.5. The first-order chi connectivity index (χ1) is 11.1. The van der Waals surface area contributed by atoms with Gasteiger partial charge >= 0.3 is 0 Å². The quantitative estimate of drug-likeness (QED) is 0.866. The fraction of sp³-hybridized carbons (Fsp3) is 0.278. The van der Waals surface area contributed by atoms with Crippen LogP contribution in [0.15, 0.2) is 48.5 Å². The van der Waals surface area contributed by atoms with Crippen molar-refractivity contribution in [1.29, 1.82) is 0 Å². The SMILES string of the molecule is CN1CCN(C(=O)COc2ccc(Cl)cc2)Cc2ccccc21. The molecule has 0 saturated carbocycles. The molecule has 0 N–H and O–H groups in total. The van der Waals surface area contributed by atoms with Crippen LogP contribution in [0.1, 0.15) is 5.56 Å². The molecule has 0 fully saturated rings. The van der Waals surface area contributed by atoms with Crippen LogP contribution in [0.2, 0.25) is 5.02 Å². The number of hydrogen-bond acceptors (Lipinski definition) is 3. The van der Waals surface area contributed by atoms with E-state index >= 15 is 0 Å². The Labute approximate surface area is 141 Å². The molecular weight excluding hydrogens is 312 g/mol. The molecule has 2 aromatic carbocycles. The van der Waals surface area contributed by atoms with Crippen LogP contribution in [0.25, 0.3) is 0 Å². The molecular formula is C18H19ClN2O2. The minimum absolute atomic E-state index is 0.00921. The van der Waals surface area contributed by atoms with Crippen molar-refractivity contribution in [2.45, 2.75) is 6.54 Å². The monoisotopic (exact) mass is 330 g/mol. The molecule has 1 aliphatic rings. The minimum Gasteiger partial charge on any atom is -0.484 e. The Balaban J connectivity index is 1.65. The molecule has 1 aliphatic heterocycles. The first kappa shape index (κ1) is 15.7. The summed E-state index contributed by atoms with van der Waals surface area (Å²) in [5.41, 5.74) is 2.34. The van der Waals surface area contributed by atoms with E-state index in [4.69, 9.17) is 16.3 Å². The molecule has 0 unspecified atom stereocenters. The summed E-state index contributed by atoms with van der Waals surface area (Å²) in [7, 11) is 2.05. The fourth-order valence-corrected chi connectivity index (χ4v) is 2.80. The Morgan fingerprint density at radius 1 is 1.13 bits per heavy atom. The van der Waals surface area contributed by atoms with Gasteiger partial charge in [0.05, 0.1) is 0 Å². The summed E-state index contributed by atoms with van der Waals surface area (Å²) in [5, 5.41) is 0.649. The summed E-state index contributed by atoms with van der Waals surface area (Å²) >= 11 is 5.84. The Kier molecular flexibility index (Phi) is 4.72. The lowest BCUT2D eigenvalue weighted by atomic mass is 10.1. The molecule has 2 aromatic rings. The number of fused-ring (bicyclic) bond motifs is 1. The standard InChI is InChI=1S/C18H19ClN2O2/c1-20-10-11-21(12-14-4-2-3-5-17(14)20)18(22)13-23-16-8-6-15(19)7-9-16/h2-9H,10-13H2,1H3. The van der Waals surface area contributed by atoms with E-state index in [1.807, 2.05) is 17.0 Å². The largest absolute Gasteiger partial charge is 0.484 e. The molecule has 0 saturated heterocycles. The Morgan fingerprint density at radius 2 is 1.87 bits per heavy atom. The Morgan fingerprint density at radius 3 is 2.65 bits per heavy atom. The van der Waals surface area contributed by atoms with Crippen molar-refractivity contribution in [3.63, 3.8) is 0 Å². The second-order valence-corrected chi connectivity index (χ2v) is 6.04. The van der Waals surface area contributed by atoms with Crippen LogP contribution in [0.5, 0.6) is 5.75 Å². The van der Waals surface area contributed by atoms with E-state index in [-0.39, 0.29) is 12.5 Å². The topological polar surface area (TPSA) is 32.8 Å². The van der Waals surface area contributed by atoms with Crippen LogP contribution in [0.3, 0.4) is 0 Å². The lowest BCUT2D eigenvalue weighted by Gasteiger charge is -2.21. The zero-order valence-electron chi connectivity index (χ0n) is 13.0. The van der Waals surface area contributed by atoms with E-state index in [0.717, 1.165) is 12.1 Å². The average Bonchev–Trinajstić information content (AvgIpc) is 2.74. The van der Waals surface area contributed by atoms with E-state index in [1.54, 1.807) is 24.3 Å². The highest BCUT2D eigenvalue weighted by Gasteiger charge is 2.21. The van der Waals surface area contributed by atoms with Crippen LogP contribution in [0, 0.1) is 0 Å². The number of nitrogens with zero attached hydrogens (tertiary/aromatic N) is 2. The van der Waals surface area contributed by atoms with Crippen LogP contribution in [-0.4, -0.2) is 37.6 Å². The summed E-state index contributed by atoms with van der Waals surface area (Å²) in [4.78, 5) is 16.5. The van der Waals surface area contributed by atoms with Gasteiger partial charge in [-0.15, -0.1) is 0 Å². The van der Waals surface area contributed by atoms with Crippen LogP contribution in [0.4, 0.5) is 5.69 Å². The third-order valence-electron chi connectivity index (χ3n) is 4.00. The lowest BCUT2D eigenvalue weighted by molar-refractivity contribution is -0.133. The maximum Gasteiger partial charge on any atom is 0.260 e. The number of carbonyl (C=O) groups excluding carboxylic acids is 1. The van der Waals surface area contributed by atoms with E-state index in [2.05, 4.69) is 24.1 Å². The Bertz CT molecular complexity index is 688. The molecule has 0 aliphatic carbocycles. The van der Waals surface area contributed by atoms with Crippen LogP contribution in [-0.2, 0) is 11.3 Å². The van der Waals surface area contributed by atoms with Crippen molar-refractivity contribution in [1.82, 2.24) is 4.90 Å². The van der Waals surface area contributed by atoms with Gasteiger partial charge in [0.2, 0.25) is 0 Å². The number of ether oxygens (including phenoxy) is 1. The van der Waals surface area contributed by atoms with Crippen molar-refractivity contribution >= 4 is 23.2 Å². The number of amides is 1. The summed E-state index contributed by atoms with van der Waals surface area (Å²) in [6.45, 7) is 2.15. The third kappa shape index (κ3) is 3.77. The van der Waals surface area contributed by atoms with Crippen molar-refractivity contribution in [2.75, 3.05) is 31.6 Å². The molecule has 1 amide bonds. The van der Waals surface area contributed by atoms with Gasteiger partial charge in [-0.2, -0.15) is 0 Å². The number of hydrogen-bond donors (Lipinski definition) is 0. The van der Waals surface area contributed by atoms with Crippen LogP contribution < -0.4 is 9.64 Å². The van der Waals surface area contributed by atoms with E-state index < -0.39 is 0 Å². The third-order valence-corrected chi connectivity index (χ3v) is 4.25. The van der Waals surface area contributed by atoms with Gasteiger partial charge in [0.15, 0.2) is 6.61 Å². The van der Waals surface area contributed by atoms with Gasteiger partial charge in [-0.1, -0.05) is 29.8 Å². The maximum atomic E-state index is 12.5. The summed E-state index contributed by atoms with van der Waals surface area (Å²) in [6, 6.07) is 15.2. The second kappa shape index (κ2) is 6.92. The number of likely N-dealkylation sites (N-methyl/N-ethyl adjacent to an activating group) is 1. The number of rotatable bonds is 3. The number of benzene rings is 2. The van der Waals surface area contributed by atoms with E-state index in [1.165, 1.54) is 5.69 Å². The van der Waals surface area contributed by atoms with Gasteiger partial charge in [-0.05, 0) is 35.9 Å². The summed E-state index contributed by atoms with van der Waals surface area (Å²) in [6.07, 6.45) is 0. The molecule has 0 aromatic heterocycles. The molecule has 1 heterocycles. The van der Waals surface area contributed by atoms with Gasteiger partial charge in [0.1, 0.15) is 5.75 Å². The summed E-state index contributed by atoms with van der Waals surface area (Å²) < 4.78 is 5.57. The van der Waals surface area contributed by atoms with Crippen molar-refractivity contribution < 1.29 is 9.53 Å². The predicted molar refractivity (Wildman–Crippen MR) is 92.1 cm³/mol. The van der Waals surface area contributed by atoms with Gasteiger partial charge in [-0.25, -0.2) is 0 Å². The number of anilines is 1. The molecule has 120 valence electrons. The fourth-order valence-electron chi connectivity index (χ4n) is 2.67. The molecule has 4 nitrogen and oxygen atoms in total. The second-order valence-electron chi connectivity index (χ2n) is 5.61. The highest BCUT2D eigenvalue weighted by Crippen LogP contribution is 2.23.